The SMILES string of the molecule is N#CC(=N)C(N)C(=O)O. The fraction of sp³-hybridized carbons (Fsp3) is 0.250. The molecule has 0 radical (unpaired) electrons. The molecule has 0 spiro atoms. The number of aliphatic carboxylic acids is 1. The Kier molecular flexibility index (Phi) is 2.35. The molecule has 5 nitrogen and oxygen atoms in total. The zero-order chi connectivity index (χ0) is 7.44. The average Bonchev–Trinajstić information content (AvgIpc) is 1.84. The molecule has 0 fully saturated rings. The number of rotatable bonds is 2. The van der Waals surface area contributed by atoms with Crippen LogP contribution in [0, 0.1) is 16.7 Å². The van der Waals surface area contributed by atoms with E-state index in [2.05, 4.69) is 0 Å². The van der Waals surface area contributed by atoms with Crippen LogP contribution < -0.4 is 5.73 Å². The smallest absolute Gasteiger partial charge is 0.327 e. The summed E-state index contributed by atoms with van der Waals surface area (Å²) in [7, 11) is 0. The van der Waals surface area contributed by atoms with Gasteiger partial charge in [-0.05, 0) is 0 Å². The normalized spacial score (nSPS) is 11.6. The van der Waals surface area contributed by atoms with Crippen molar-refractivity contribution in [2.45, 2.75) is 6.04 Å². The third kappa shape index (κ3) is 1.88. The maximum atomic E-state index is 9.88. The molecule has 0 aliphatic carbocycles. The lowest BCUT2D eigenvalue weighted by molar-refractivity contribution is -0.136. The van der Waals surface area contributed by atoms with Crippen LogP contribution in [0.2, 0.25) is 0 Å². The lowest BCUT2D eigenvalue weighted by Crippen LogP contribution is -2.37. The molecule has 0 saturated heterocycles. The first kappa shape index (κ1) is 7.59. The van der Waals surface area contributed by atoms with Gasteiger partial charge in [0.15, 0.2) is 6.04 Å². The van der Waals surface area contributed by atoms with Gasteiger partial charge >= 0.3 is 5.97 Å². The Bertz CT molecular complexity index is 181. The lowest BCUT2D eigenvalue weighted by Gasteiger charge is -1.97. The average molecular weight is 127 g/mol. The van der Waals surface area contributed by atoms with Gasteiger partial charge in [0.05, 0.1) is 0 Å². The minimum Gasteiger partial charge on any atom is -0.480 e. The van der Waals surface area contributed by atoms with E-state index >= 15 is 0 Å². The number of carboxylic acid groups (broad SMARTS) is 1. The van der Waals surface area contributed by atoms with Gasteiger partial charge in [-0.3, -0.25) is 10.2 Å². The van der Waals surface area contributed by atoms with Crippen molar-refractivity contribution in [3.8, 4) is 6.07 Å². The van der Waals surface area contributed by atoms with E-state index in [0.717, 1.165) is 0 Å². The third-order valence-corrected chi connectivity index (χ3v) is 0.698. The van der Waals surface area contributed by atoms with Crippen molar-refractivity contribution in [3.63, 3.8) is 0 Å². The first-order valence-electron chi connectivity index (χ1n) is 2.06. The standard InChI is InChI=1S/C4H5N3O2/c5-1-2(6)3(7)4(8)9/h3,6H,7H2,(H,8,9). The van der Waals surface area contributed by atoms with Crippen molar-refractivity contribution >= 4 is 11.7 Å². The molecule has 0 saturated carbocycles. The monoisotopic (exact) mass is 127 g/mol. The molecule has 0 bridgehead atoms. The summed E-state index contributed by atoms with van der Waals surface area (Å²) >= 11 is 0. The molecule has 0 aromatic rings. The maximum absolute atomic E-state index is 9.88. The summed E-state index contributed by atoms with van der Waals surface area (Å²) in [6, 6.07) is -0.153. The van der Waals surface area contributed by atoms with E-state index in [1.807, 2.05) is 0 Å². The third-order valence-electron chi connectivity index (χ3n) is 0.698. The highest BCUT2D eigenvalue weighted by molar-refractivity contribution is 6.11. The van der Waals surface area contributed by atoms with Gasteiger partial charge in [-0.2, -0.15) is 5.26 Å². The van der Waals surface area contributed by atoms with Gasteiger partial charge in [-0.25, -0.2) is 0 Å². The van der Waals surface area contributed by atoms with Crippen LogP contribution in [-0.2, 0) is 4.79 Å². The minimum atomic E-state index is -1.48. The van der Waals surface area contributed by atoms with Crippen molar-refractivity contribution in [1.82, 2.24) is 0 Å². The zero-order valence-electron chi connectivity index (χ0n) is 4.46. The second-order valence-corrected chi connectivity index (χ2v) is 1.34. The Morgan fingerprint density at radius 2 is 2.33 bits per heavy atom. The summed E-state index contributed by atoms with van der Waals surface area (Å²) < 4.78 is 0. The summed E-state index contributed by atoms with van der Waals surface area (Å²) in [4.78, 5) is 9.88. The van der Waals surface area contributed by atoms with Crippen LogP contribution in [0.4, 0.5) is 0 Å². The first-order chi connectivity index (χ1) is 4.09. The van der Waals surface area contributed by atoms with Crippen LogP contribution in [-0.4, -0.2) is 22.8 Å². The summed E-state index contributed by atoms with van der Waals surface area (Å²) in [5.41, 5.74) is 4.19. The van der Waals surface area contributed by atoms with Crippen molar-refractivity contribution in [3.05, 3.63) is 0 Å². The molecule has 0 aromatic carbocycles. The van der Waals surface area contributed by atoms with Gasteiger partial charge in [-0.15, -0.1) is 0 Å². The number of nitrogens with one attached hydrogen (secondary N) is 1. The van der Waals surface area contributed by atoms with E-state index in [-0.39, 0.29) is 0 Å². The number of carboxylic acids is 1. The molecule has 0 aliphatic rings. The number of carbonyl (C=O) groups is 1. The van der Waals surface area contributed by atoms with Crippen molar-refractivity contribution < 1.29 is 9.90 Å². The van der Waals surface area contributed by atoms with Crippen molar-refractivity contribution in [2.24, 2.45) is 5.73 Å². The van der Waals surface area contributed by atoms with E-state index in [0.29, 0.717) is 0 Å². The summed E-state index contributed by atoms with van der Waals surface area (Å²) in [5.74, 6) is -1.36. The molecule has 1 atom stereocenters. The molecule has 9 heavy (non-hydrogen) atoms. The molecule has 0 rings (SSSR count). The molecule has 4 N–H and O–H groups in total. The van der Waals surface area contributed by atoms with Gasteiger partial charge in [-0.1, -0.05) is 0 Å². The summed E-state index contributed by atoms with van der Waals surface area (Å²) in [6.07, 6.45) is 0. The van der Waals surface area contributed by atoms with Crippen LogP contribution in [0.25, 0.3) is 0 Å². The Hall–Kier alpha value is -1.41. The largest absolute Gasteiger partial charge is 0.480 e. The fourth-order valence-electron chi connectivity index (χ4n) is 0.193. The highest BCUT2D eigenvalue weighted by Gasteiger charge is 2.15. The molecular formula is C4H5N3O2. The first-order valence-corrected chi connectivity index (χ1v) is 2.06. The van der Waals surface area contributed by atoms with Crippen LogP contribution in [0.5, 0.6) is 0 Å². The van der Waals surface area contributed by atoms with Gasteiger partial charge in [0, 0.05) is 0 Å². The predicted octanol–water partition coefficient (Wildman–Crippen LogP) is -1.06. The van der Waals surface area contributed by atoms with Crippen LogP contribution >= 0.6 is 0 Å². The predicted molar refractivity (Wildman–Crippen MR) is 29.0 cm³/mol. The quantitative estimate of drug-likeness (QED) is 0.410. The minimum absolute atomic E-state index is 0.637. The Labute approximate surface area is 51.2 Å². The maximum Gasteiger partial charge on any atom is 0.327 e. The van der Waals surface area contributed by atoms with Gasteiger partial charge in [0.1, 0.15) is 11.8 Å². The molecule has 0 amide bonds. The van der Waals surface area contributed by atoms with Gasteiger partial charge in [0.25, 0.3) is 0 Å². The molecule has 5 heteroatoms. The van der Waals surface area contributed by atoms with E-state index in [9.17, 15) is 4.79 Å². The van der Waals surface area contributed by atoms with E-state index in [1.165, 1.54) is 6.07 Å². The number of nitrogens with zero attached hydrogens (tertiary/aromatic N) is 1. The molecule has 0 aliphatic heterocycles. The molecule has 0 aromatic heterocycles. The van der Waals surface area contributed by atoms with E-state index in [4.69, 9.17) is 21.5 Å². The van der Waals surface area contributed by atoms with Gasteiger partial charge in [0.2, 0.25) is 0 Å². The molecule has 1 unspecified atom stereocenters. The number of hydrogen-bond acceptors (Lipinski definition) is 4. The number of nitriles is 1. The van der Waals surface area contributed by atoms with E-state index < -0.39 is 17.7 Å². The van der Waals surface area contributed by atoms with Crippen LogP contribution in [0.3, 0.4) is 0 Å². The second kappa shape index (κ2) is 2.79. The Morgan fingerprint density at radius 3 is 2.44 bits per heavy atom. The number of hydrogen-bond donors (Lipinski definition) is 3. The zero-order valence-corrected chi connectivity index (χ0v) is 4.46. The lowest BCUT2D eigenvalue weighted by atomic mass is 10.2. The van der Waals surface area contributed by atoms with Crippen LogP contribution in [0.1, 0.15) is 0 Å². The number of nitrogens with two attached hydrogens (primary N) is 1. The summed E-state index contributed by atoms with van der Waals surface area (Å²) in [5, 5.41) is 22.6. The Morgan fingerprint density at radius 1 is 1.89 bits per heavy atom. The van der Waals surface area contributed by atoms with Crippen molar-refractivity contribution in [1.29, 1.82) is 10.7 Å². The topological polar surface area (TPSA) is 111 Å². The molecule has 0 heterocycles. The highest BCUT2D eigenvalue weighted by atomic mass is 16.4. The van der Waals surface area contributed by atoms with Crippen LogP contribution in [0.15, 0.2) is 0 Å². The Balaban J connectivity index is 4.08. The molecule has 48 valence electrons. The molecular weight excluding hydrogens is 122 g/mol. The van der Waals surface area contributed by atoms with Crippen molar-refractivity contribution in [2.75, 3.05) is 0 Å². The second-order valence-electron chi connectivity index (χ2n) is 1.34. The fourth-order valence-corrected chi connectivity index (χ4v) is 0.193. The van der Waals surface area contributed by atoms with E-state index in [1.54, 1.807) is 0 Å². The van der Waals surface area contributed by atoms with Gasteiger partial charge < -0.3 is 10.8 Å². The highest BCUT2D eigenvalue weighted by Crippen LogP contribution is 1.79. The summed E-state index contributed by atoms with van der Waals surface area (Å²) in [6.45, 7) is 0.